The first kappa shape index (κ1) is 21.7. The molecule has 4 rings (SSSR count). The zero-order valence-electron chi connectivity index (χ0n) is 16.7. The number of carbonyl (C=O) groups excluding carboxylic acids is 1. The summed E-state index contributed by atoms with van der Waals surface area (Å²) in [6, 6.07) is 12.0. The molecule has 0 aliphatic carbocycles. The maximum atomic E-state index is 13.4. The monoisotopic (exact) mass is 474 g/mol. The molecule has 0 aliphatic heterocycles. The van der Waals surface area contributed by atoms with Crippen LogP contribution in [0.5, 0.6) is 0 Å². The van der Waals surface area contributed by atoms with Crippen LogP contribution in [-0.4, -0.2) is 41.8 Å². The SMILES string of the molecule is CC(F)Cn1cnnc1-c1ccc(Nc2nn(-c3c(Cl)cccc3Cl)nc2C(N)=O)cc1. The van der Waals surface area contributed by atoms with Crippen LogP contribution in [-0.2, 0) is 6.54 Å². The van der Waals surface area contributed by atoms with Crippen molar-refractivity contribution in [2.45, 2.75) is 19.6 Å². The van der Waals surface area contributed by atoms with Gasteiger partial charge in [-0.1, -0.05) is 29.3 Å². The Labute approximate surface area is 192 Å². The molecular formula is C20H17Cl2FN8O. The van der Waals surface area contributed by atoms with Crippen LogP contribution in [0.15, 0.2) is 48.8 Å². The number of nitrogens with one attached hydrogen (secondary N) is 1. The number of benzene rings is 2. The topological polar surface area (TPSA) is 117 Å². The van der Waals surface area contributed by atoms with E-state index >= 15 is 0 Å². The molecule has 1 amide bonds. The number of primary amides is 1. The first-order valence-electron chi connectivity index (χ1n) is 9.44. The molecule has 0 radical (unpaired) electrons. The van der Waals surface area contributed by atoms with Crippen LogP contribution in [0.25, 0.3) is 17.1 Å². The fourth-order valence-corrected chi connectivity index (χ4v) is 3.61. The van der Waals surface area contributed by atoms with Crippen LogP contribution in [0.4, 0.5) is 15.9 Å². The van der Waals surface area contributed by atoms with Gasteiger partial charge in [-0.25, -0.2) is 4.39 Å². The summed E-state index contributed by atoms with van der Waals surface area (Å²) in [6.45, 7) is 1.62. The van der Waals surface area contributed by atoms with Crippen molar-refractivity contribution in [1.29, 1.82) is 0 Å². The second-order valence-corrected chi connectivity index (χ2v) is 7.73. The number of aromatic nitrogens is 6. The molecule has 2 aromatic carbocycles. The number of anilines is 2. The van der Waals surface area contributed by atoms with Gasteiger partial charge in [0.25, 0.3) is 5.91 Å². The van der Waals surface area contributed by atoms with Crippen LogP contribution in [0.3, 0.4) is 0 Å². The zero-order valence-corrected chi connectivity index (χ0v) is 18.2. The van der Waals surface area contributed by atoms with E-state index in [1.165, 1.54) is 13.3 Å². The lowest BCUT2D eigenvalue weighted by atomic mass is 10.2. The second kappa shape index (κ2) is 8.93. The largest absolute Gasteiger partial charge is 0.364 e. The van der Waals surface area contributed by atoms with Gasteiger partial charge < -0.3 is 15.6 Å². The predicted molar refractivity (Wildman–Crippen MR) is 119 cm³/mol. The number of carbonyl (C=O) groups is 1. The van der Waals surface area contributed by atoms with Gasteiger partial charge in [0.2, 0.25) is 0 Å². The van der Waals surface area contributed by atoms with E-state index in [1.807, 2.05) is 0 Å². The molecule has 1 unspecified atom stereocenters. The van der Waals surface area contributed by atoms with Crippen LogP contribution < -0.4 is 11.1 Å². The number of halogens is 3. The molecule has 3 N–H and O–H groups in total. The fraction of sp³-hybridized carbons (Fsp3) is 0.150. The van der Waals surface area contributed by atoms with Crippen LogP contribution in [0.1, 0.15) is 17.4 Å². The number of hydrogen-bond donors (Lipinski definition) is 2. The van der Waals surface area contributed by atoms with E-state index in [0.29, 0.717) is 27.2 Å². The zero-order chi connectivity index (χ0) is 22.8. The minimum absolute atomic E-state index is 0.0817. The average molecular weight is 475 g/mol. The normalized spacial score (nSPS) is 12.0. The lowest BCUT2D eigenvalue weighted by Gasteiger charge is -2.08. The Balaban J connectivity index is 1.63. The first-order valence-corrected chi connectivity index (χ1v) is 10.2. The number of alkyl halides is 1. The molecule has 1 atom stereocenters. The van der Waals surface area contributed by atoms with Crippen molar-refractivity contribution in [3.8, 4) is 17.1 Å². The number of rotatable bonds is 7. The number of amides is 1. The van der Waals surface area contributed by atoms with E-state index in [-0.39, 0.29) is 18.1 Å². The molecule has 12 heteroatoms. The third-order valence-corrected chi connectivity index (χ3v) is 5.06. The van der Waals surface area contributed by atoms with E-state index in [9.17, 15) is 9.18 Å². The van der Waals surface area contributed by atoms with E-state index in [4.69, 9.17) is 28.9 Å². The van der Waals surface area contributed by atoms with E-state index in [0.717, 1.165) is 10.4 Å². The molecular weight excluding hydrogens is 458 g/mol. The standard InChI is InChI=1S/C20H17Cl2FN8O/c1-11(23)9-30-10-25-27-20(30)12-5-7-13(8-6-12)26-19-16(18(24)32)28-31(29-19)17-14(21)3-2-4-15(17)22/h2-8,10-11H,9H2,1H3,(H2,24,32)(H,26,29). The van der Waals surface area contributed by atoms with Gasteiger partial charge >= 0.3 is 0 Å². The van der Waals surface area contributed by atoms with Gasteiger partial charge in [-0.15, -0.1) is 25.2 Å². The Morgan fingerprint density at radius 1 is 1.16 bits per heavy atom. The Bertz CT molecular complexity index is 1250. The first-order chi connectivity index (χ1) is 15.3. The van der Waals surface area contributed by atoms with Gasteiger partial charge in [0.1, 0.15) is 18.2 Å². The second-order valence-electron chi connectivity index (χ2n) is 6.91. The maximum absolute atomic E-state index is 13.4. The molecule has 9 nitrogen and oxygen atoms in total. The molecule has 0 spiro atoms. The highest BCUT2D eigenvalue weighted by Crippen LogP contribution is 2.29. The minimum Gasteiger partial charge on any atom is -0.364 e. The number of nitrogens with zero attached hydrogens (tertiary/aromatic N) is 6. The van der Waals surface area contributed by atoms with Crippen molar-refractivity contribution in [2.24, 2.45) is 5.73 Å². The lowest BCUT2D eigenvalue weighted by Crippen LogP contribution is -2.14. The Morgan fingerprint density at radius 3 is 2.47 bits per heavy atom. The number of nitrogens with two attached hydrogens (primary N) is 1. The van der Waals surface area contributed by atoms with Gasteiger partial charge in [0.05, 0.1) is 16.6 Å². The van der Waals surface area contributed by atoms with Crippen molar-refractivity contribution >= 4 is 40.6 Å². The minimum atomic E-state index is -1.04. The summed E-state index contributed by atoms with van der Waals surface area (Å²) in [5.74, 6) is -0.0965. The van der Waals surface area contributed by atoms with Crippen LogP contribution in [0.2, 0.25) is 10.0 Å². The molecule has 0 saturated carbocycles. The van der Waals surface area contributed by atoms with Gasteiger partial charge in [-0.2, -0.15) is 0 Å². The summed E-state index contributed by atoms with van der Waals surface area (Å²) in [5, 5.41) is 20.0. The highest BCUT2D eigenvalue weighted by molar-refractivity contribution is 6.37. The molecule has 4 aromatic rings. The van der Waals surface area contributed by atoms with Gasteiger partial charge in [-0.05, 0) is 43.3 Å². The molecule has 164 valence electrons. The van der Waals surface area contributed by atoms with E-state index in [1.54, 1.807) is 47.0 Å². The molecule has 0 aliphatic rings. The summed E-state index contributed by atoms with van der Waals surface area (Å²) in [4.78, 5) is 13.1. The van der Waals surface area contributed by atoms with Gasteiger partial charge in [-0.3, -0.25) is 4.79 Å². The van der Waals surface area contributed by atoms with Crippen molar-refractivity contribution < 1.29 is 9.18 Å². The third kappa shape index (κ3) is 4.41. The number of hydrogen-bond acceptors (Lipinski definition) is 6. The van der Waals surface area contributed by atoms with Crippen molar-refractivity contribution in [2.75, 3.05) is 5.32 Å². The van der Waals surface area contributed by atoms with E-state index < -0.39 is 12.1 Å². The summed E-state index contributed by atoms with van der Waals surface area (Å²) < 4.78 is 15.0. The average Bonchev–Trinajstić information content (AvgIpc) is 3.35. The van der Waals surface area contributed by atoms with Crippen LogP contribution >= 0.6 is 23.2 Å². The molecule has 2 aromatic heterocycles. The number of para-hydroxylation sites is 1. The molecule has 0 saturated heterocycles. The predicted octanol–water partition coefficient (Wildman–Crippen LogP) is 4.03. The molecule has 2 heterocycles. The Hall–Kier alpha value is -3.50. The van der Waals surface area contributed by atoms with Crippen molar-refractivity contribution in [3.05, 3.63) is 64.5 Å². The maximum Gasteiger partial charge on any atom is 0.273 e. The molecule has 0 bridgehead atoms. The third-order valence-electron chi connectivity index (χ3n) is 4.45. The Morgan fingerprint density at radius 2 is 1.84 bits per heavy atom. The highest BCUT2D eigenvalue weighted by atomic mass is 35.5. The van der Waals surface area contributed by atoms with Gasteiger partial charge in [0.15, 0.2) is 17.3 Å². The summed E-state index contributed by atoms with van der Waals surface area (Å²) in [5.41, 5.74) is 7.07. The molecule has 0 fully saturated rings. The summed E-state index contributed by atoms with van der Waals surface area (Å²) >= 11 is 12.4. The Kier molecular flexibility index (Phi) is 6.06. The smallest absolute Gasteiger partial charge is 0.273 e. The summed E-state index contributed by atoms with van der Waals surface area (Å²) in [6.07, 6.45) is 0.446. The van der Waals surface area contributed by atoms with Crippen molar-refractivity contribution in [1.82, 2.24) is 29.8 Å². The molecule has 32 heavy (non-hydrogen) atoms. The van der Waals surface area contributed by atoms with E-state index in [2.05, 4.69) is 25.7 Å². The fourth-order valence-electron chi connectivity index (χ4n) is 3.06. The highest BCUT2D eigenvalue weighted by Gasteiger charge is 2.20. The van der Waals surface area contributed by atoms with Gasteiger partial charge in [0, 0.05) is 11.3 Å². The summed E-state index contributed by atoms with van der Waals surface area (Å²) in [7, 11) is 0. The quantitative estimate of drug-likeness (QED) is 0.417. The van der Waals surface area contributed by atoms with Crippen LogP contribution in [0, 0.1) is 0 Å². The lowest BCUT2D eigenvalue weighted by molar-refractivity contribution is 0.0996. The van der Waals surface area contributed by atoms with Crippen molar-refractivity contribution in [3.63, 3.8) is 0 Å².